The first-order valence-corrected chi connectivity index (χ1v) is 7.46. The van der Waals surface area contributed by atoms with Crippen LogP contribution in [0.3, 0.4) is 0 Å². The molecule has 0 unspecified atom stereocenters. The topological polar surface area (TPSA) is 20.2 Å². The van der Waals surface area contributed by atoms with E-state index in [2.05, 4.69) is 50.2 Å². The van der Waals surface area contributed by atoms with Gasteiger partial charge in [-0.3, -0.25) is 0 Å². The Balaban J connectivity index is 2.12. The molecule has 3 aromatic rings. The summed E-state index contributed by atoms with van der Waals surface area (Å²) in [5, 5.41) is 13.1. The largest absolute Gasteiger partial charge is 0.384 e. The molecule has 0 aliphatic rings. The fraction of sp³-hybridized carbons (Fsp3) is 0.200. The van der Waals surface area contributed by atoms with Gasteiger partial charge in [0.2, 0.25) is 0 Å². The molecule has 0 bridgehead atoms. The van der Waals surface area contributed by atoms with Gasteiger partial charge in [0.25, 0.3) is 0 Å². The molecule has 3 aromatic carbocycles. The number of hydrogen-bond donors (Lipinski definition) is 1. The number of aliphatic hydroxyl groups is 1. The minimum absolute atomic E-state index is 0.581. The first-order valence-electron chi connectivity index (χ1n) is 7.46. The van der Waals surface area contributed by atoms with Gasteiger partial charge in [0.05, 0.1) is 0 Å². The molecule has 0 heterocycles. The third-order valence-electron chi connectivity index (χ3n) is 4.17. The minimum Gasteiger partial charge on any atom is -0.384 e. The van der Waals surface area contributed by atoms with E-state index in [4.69, 9.17) is 0 Å². The molecule has 1 atom stereocenters. The number of aliphatic hydroxyl groups excluding tert-OH is 1. The number of aryl methyl sites for hydroxylation is 2. The van der Waals surface area contributed by atoms with Crippen LogP contribution in [0.2, 0.25) is 0 Å². The summed E-state index contributed by atoms with van der Waals surface area (Å²) in [6.07, 6.45) is 0.436. The van der Waals surface area contributed by atoms with Crippen LogP contribution in [0, 0.1) is 6.92 Å². The normalized spacial score (nSPS) is 12.5. The molecule has 0 saturated heterocycles. The maximum Gasteiger partial charge on any atom is 0.105 e. The summed E-state index contributed by atoms with van der Waals surface area (Å²) < 4.78 is 0. The lowest BCUT2D eigenvalue weighted by molar-refractivity contribution is 0.221. The van der Waals surface area contributed by atoms with Crippen LogP contribution in [0.1, 0.15) is 35.3 Å². The Labute approximate surface area is 125 Å². The molecule has 0 saturated carbocycles. The minimum atomic E-state index is -0.581. The van der Waals surface area contributed by atoms with E-state index in [-0.39, 0.29) is 0 Å². The molecule has 0 aliphatic carbocycles. The lowest BCUT2D eigenvalue weighted by Crippen LogP contribution is -2.03. The number of hydrogen-bond acceptors (Lipinski definition) is 1. The van der Waals surface area contributed by atoms with Crippen molar-refractivity contribution in [2.24, 2.45) is 0 Å². The first kappa shape index (κ1) is 13.8. The van der Waals surface area contributed by atoms with Gasteiger partial charge in [0.15, 0.2) is 0 Å². The third kappa shape index (κ3) is 2.57. The monoisotopic (exact) mass is 276 g/mol. The van der Waals surface area contributed by atoms with Crippen LogP contribution >= 0.6 is 0 Å². The highest BCUT2D eigenvalue weighted by Gasteiger charge is 2.15. The Morgan fingerprint density at radius 2 is 1.62 bits per heavy atom. The van der Waals surface area contributed by atoms with Crippen LogP contribution < -0.4 is 0 Å². The van der Waals surface area contributed by atoms with Crippen LogP contribution in [0.5, 0.6) is 0 Å². The zero-order valence-electron chi connectivity index (χ0n) is 12.5. The van der Waals surface area contributed by atoms with Gasteiger partial charge in [0.1, 0.15) is 6.10 Å². The van der Waals surface area contributed by atoms with Crippen molar-refractivity contribution in [3.63, 3.8) is 0 Å². The van der Waals surface area contributed by atoms with E-state index < -0.39 is 6.10 Å². The summed E-state index contributed by atoms with van der Waals surface area (Å²) in [5.41, 5.74) is 4.38. The molecule has 0 spiro atoms. The van der Waals surface area contributed by atoms with Crippen LogP contribution in [0.15, 0.2) is 60.7 Å². The number of benzene rings is 3. The van der Waals surface area contributed by atoms with E-state index in [9.17, 15) is 5.11 Å². The molecule has 0 aliphatic heterocycles. The zero-order valence-corrected chi connectivity index (χ0v) is 12.5. The fourth-order valence-electron chi connectivity index (χ4n) is 2.87. The van der Waals surface area contributed by atoms with E-state index in [0.717, 1.165) is 28.5 Å². The molecule has 106 valence electrons. The van der Waals surface area contributed by atoms with E-state index in [1.807, 2.05) is 24.3 Å². The van der Waals surface area contributed by atoms with Gasteiger partial charge in [-0.05, 0) is 46.4 Å². The van der Waals surface area contributed by atoms with Gasteiger partial charge in [-0.15, -0.1) is 0 Å². The van der Waals surface area contributed by atoms with Crippen molar-refractivity contribution in [2.45, 2.75) is 26.4 Å². The SMILES string of the molecule is CCc1ccc([C@@H](O)c2c(C)ccc3ccccc23)cc1. The Bertz CT molecular complexity index is 756. The summed E-state index contributed by atoms with van der Waals surface area (Å²) in [5.74, 6) is 0. The second-order valence-corrected chi connectivity index (χ2v) is 5.51. The molecule has 0 aromatic heterocycles. The van der Waals surface area contributed by atoms with E-state index in [1.54, 1.807) is 0 Å². The lowest BCUT2D eigenvalue weighted by Gasteiger charge is -2.17. The molecule has 1 N–H and O–H groups in total. The van der Waals surface area contributed by atoms with Crippen molar-refractivity contribution in [1.82, 2.24) is 0 Å². The molecule has 0 amide bonds. The van der Waals surface area contributed by atoms with E-state index >= 15 is 0 Å². The van der Waals surface area contributed by atoms with Gasteiger partial charge in [-0.25, -0.2) is 0 Å². The second-order valence-electron chi connectivity index (χ2n) is 5.51. The molecule has 1 nitrogen and oxygen atoms in total. The number of fused-ring (bicyclic) bond motifs is 1. The summed E-state index contributed by atoms with van der Waals surface area (Å²) in [7, 11) is 0. The van der Waals surface area contributed by atoms with Crippen molar-refractivity contribution in [1.29, 1.82) is 0 Å². The maximum atomic E-state index is 10.8. The predicted molar refractivity (Wildman–Crippen MR) is 88.6 cm³/mol. The summed E-state index contributed by atoms with van der Waals surface area (Å²) in [6, 6.07) is 20.7. The molecule has 1 heteroatoms. The number of rotatable bonds is 3. The average Bonchev–Trinajstić information content (AvgIpc) is 2.54. The summed E-state index contributed by atoms with van der Waals surface area (Å²) in [4.78, 5) is 0. The highest BCUT2D eigenvalue weighted by molar-refractivity contribution is 5.87. The third-order valence-corrected chi connectivity index (χ3v) is 4.17. The van der Waals surface area contributed by atoms with Crippen LogP contribution in [-0.2, 0) is 6.42 Å². The molecular weight excluding hydrogens is 256 g/mol. The predicted octanol–water partition coefficient (Wildman–Crippen LogP) is 4.79. The highest BCUT2D eigenvalue weighted by atomic mass is 16.3. The molecule has 3 rings (SSSR count). The zero-order chi connectivity index (χ0) is 14.8. The van der Waals surface area contributed by atoms with Crippen LogP contribution in [0.4, 0.5) is 0 Å². The van der Waals surface area contributed by atoms with Crippen molar-refractivity contribution < 1.29 is 5.11 Å². The second kappa shape index (κ2) is 5.71. The van der Waals surface area contributed by atoms with Gasteiger partial charge >= 0.3 is 0 Å². The average molecular weight is 276 g/mol. The van der Waals surface area contributed by atoms with Gasteiger partial charge < -0.3 is 5.11 Å². The van der Waals surface area contributed by atoms with Crippen molar-refractivity contribution in [3.05, 3.63) is 82.9 Å². The fourth-order valence-corrected chi connectivity index (χ4v) is 2.87. The van der Waals surface area contributed by atoms with Crippen LogP contribution in [-0.4, -0.2) is 5.11 Å². The Morgan fingerprint density at radius 1 is 0.905 bits per heavy atom. The lowest BCUT2D eigenvalue weighted by atomic mass is 9.91. The summed E-state index contributed by atoms with van der Waals surface area (Å²) in [6.45, 7) is 4.20. The molecular formula is C20H20O. The van der Waals surface area contributed by atoms with Crippen LogP contribution in [0.25, 0.3) is 10.8 Å². The van der Waals surface area contributed by atoms with Crippen molar-refractivity contribution in [3.8, 4) is 0 Å². The van der Waals surface area contributed by atoms with Crippen molar-refractivity contribution in [2.75, 3.05) is 0 Å². The van der Waals surface area contributed by atoms with E-state index in [0.29, 0.717) is 0 Å². The highest BCUT2D eigenvalue weighted by Crippen LogP contribution is 2.31. The first-order chi connectivity index (χ1) is 10.2. The molecule has 0 radical (unpaired) electrons. The van der Waals surface area contributed by atoms with Gasteiger partial charge in [-0.1, -0.05) is 67.6 Å². The van der Waals surface area contributed by atoms with Gasteiger partial charge in [0, 0.05) is 0 Å². The summed E-state index contributed by atoms with van der Waals surface area (Å²) >= 11 is 0. The molecule has 0 fully saturated rings. The standard InChI is InChI=1S/C20H20O/c1-3-15-9-12-17(13-10-15)20(21)19-14(2)8-11-16-6-4-5-7-18(16)19/h4-13,20-21H,3H2,1-2H3/t20-/m1/s1. The molecule has 21 heavy (non-hydrogen) atoms. The quantitative estimate of drug-likeness (QED) is 0.729. The van der Waals surface area contributed by atoms with E-state index in [1.165, 1.54) is 10.9 Å². The Morgan fingerprint density at radius 3 is 2.33 bits per heavy atom. The maximum absolute atomic E-state index is 10.8. The Kier molecular flexibility index (Phi) is 3.76. The smallest absolute Gasteiger partial charge is 0.105 e. The van der Waals surface area contributed by atoms with Crippen molar-refractivity contribution >= 4 is 10.8 Å². The van der Waals surface area contributed by atoms with Gasteiger partial charge in [-0.2, -0.15) is 0 Å². The Hall–Kier alpha value is -2.12.